The van der Waals surface area contributed by atoms with Gasteiger partial charge in [-0.2, -0.15) is 8.78 Å². The number of nitrogens with one attached hydrogen (secondary N) is 4. The van der Waals surface area contributed by atoms with E-state index >= 15 is 0 Å². The van der Waals surface area contributed by atoms with Crippen LogP contribution in [0, 0.1) is 0 Å². The van der Waals surface area contributed by atoms with E-state index in [2.05, 4.69) is 27.0 Å². The fourth-order valence-corrected chi connectivity index (χ4v) is 7.24. The second-order valence-electron chi connectivity index (χ2n) is 15.4. The zero-order valence-corrected chi connectivity index (χ0v) is 35.7. The predicted molar refractivity (Wildman–Crippen MR) is 232 cm³/mol. The summed E-state index contributed by atoms with van der Waals surface area (Å²) in [5, 5.41) is 32.5. The van der Waals surface area contributed by atoms with Crippen LogP contribution in [0.25, 0.3) is 22.3 Å². The van der Waals surface area contributed by atoms with Crippen LogP contribution in [0.15, 0.2) is 84.9 Å². The highest BCUT2D eigenvalue weighted by atomic mass is 35.5. The minimum absolute atomic E-state index is 0.000415. The number of Topliss-reactive ketones (excluding diaryl/α,β-unsaturated/α-hetero) is 1. The van der Waals surface area contributed by atoms with Crippen molar-refractivity contribution >= 4 is 52.8 Å². The van der Waals surface area contributed by atoms with E-state index < -0.39 is 77.4 Å². The molecule has 0 aliphatic carbocycles. The van der Waals surface area contributed by atoms with Crippen molar-refractivity contribution in [2.75, 3.05) is 13.6 Å². The van der Waals surface area contributed by atoms with Crippen molar-refractivity contribution in [2.45, 2.75) is 75.7 Å². The summed E-state index contributed by atoms with van der Waals surface area (Å²) in [6, 6.07) is 14.1. The highest BCUT2D eigenvalue weighted by molar-refractivity contribution is 6.30. The number of likely N-dealkylation sites (N-methyl/N-ethyl adjacent to an activating group) is 1. The van der Waals surface area contributed by atoms with Crippen molar-refractivity contribution in [3.05, 3.63) is 107 Å². The highest BCUT2D eigenvalue weighted by Crippen LogP contribution is 2.39. The summed E-state index contributed by atoms with van der Waals surface area (Å²) in [4.78, 5) is 94.5. The number of hydrogen-bond donors (Lipinski definition) is 8. The van der Waals surface area contributed by atoms with Crippen molar-refractivity contribution in [1.82, 2.24) is 26.2 Å². The number of benzene rings is 4. The second kappa shape index (κ2) is 20.5. The lowest BCUT2D eigenvalue weighted by molar-refractivity contribution is -0.158. The monoisotopic (exact) mass is 903 g/mol. The molecule has 0 aromatic heterocycles. The van der Waals surface area contributed by atoms with Gasteiger partial charge in [-0.3, -0.25) is 33.6 Å². The molecule has 19 heteroatoms. The summed E-state index contributed by atoms with van der Waals surface area (Å²) >= 11 is 6.03. The average molecular weight is 904 g/mol. The molecule has 1 heterocycles. The quantitative estimate of drug-likeness (QED) is 0.0677. The molecule has 5 rings (SSSR count). The van der Waals surface area contributed by atoms with E-state index in [0.29, 0.717) is 24.4 Å². The Bertz CT molecular complexity index is 2440. The molecule has 6 amide bonds. The van der Waals surface area contributed by atoms with E-state index in [4.69, 9.17) is 17.3 Å². The van der Waals surface area contributed by atoms with Gasteiger partial charge in [-0.25, -0.2) is 0 Å². The smallest absolute Gasteiger partial charge is 0.383 e. The first kappa shape index (κ1) is 48.1. The SMILES string of the molecule is CC1NC(=O)C(N(C)C(=O)C(CCCCN)NC(=O)c2ccc(-c3ccc(Cl)cc3)cc2)c2ccc(O)c(c2)-c2cc(ccc2O)CC(C(=O)NC(C)C(=O)C(F)(F)C(N)=O)NC1=O. The molecule has 4 aromatic carbocycles. The molecule has 0 radical (unpaired) electrons. The number of rotatable bonds is 14. The standard InChI is InChI=1S/C45H48ClF2N7O9/c1-23(38(58)45(47,48)44(50)64)51-41(61)34-21-25-7-17-35(56)31(20-25)32-22-29(14-18-36(32)57)37(42(62)52-24(2)39(59)54-34)55(3)43(63)33(6-4-5-19-49)53-40(60)28-10-8-26(9-11-28)27-12-15-30(46)16-13-27/h7-18,20,22-24,33-34,37,56-57H,4-6,19,21,49H2,1-3H3,(H2,50,64)(H,51,61)(H,52,62)(H,53,60)(H,54,59). The number of nitrogens with two attached hydrogens (primary N) is 2. The van der Waals surface area contributed by atoms with Gasteiger partial charge >= 0.3 is 5.92 Å². The van der Waals surface area contributed by atoms with Crippen molar-refractivity contribution < 1.29 is 52.6 Å². The Hall–Kier alpha value is -6.92. The van der Waals surface area contributed by atoms with Gasteiger partial charge in [0.25, 0.3) is 11.8 Å². The number of ketones is 1. The van der Waals surface area contributed by atoms with Gasteiger partial charge in [-0.05, 0) is 110 Å². The highest BCUT2D eigenvalue weighted by Gasteiger charge is 2.48. The number of halogens is 3. The maximum absolute atomic E-state index is 14.5. The predicted octanol–water partition coefficient (Wildman–Crippen LogP) is 3.25. The minimum atomic E-state index is -4.62. The fourth-order valence-electron chi connectivity index (χ4n) is 7.11. The Morgan fingerprint density at radius 2 is 1.45 bits per heavy atom. The Labute approximate surface area is 371 Å². The van der Waals surface area contributed by atoms with E-state index in [0.717, 1.165) is 23.0 Å². The molecular weight excluding hydrogens is 856 g/mol. The lowest BCUT2D eigenvalue weighted by Crippen LogP contribution is -2.58. The lowest BCUT2D eigenvalue weighted by atomic mass is 9.93. The molecule has 5 unspecified atom stereocenters. The largest absolute Gasteiger partial charge is 0.507 e. The summed E-state index contributed by atoms with van der Waals surface area (Å²) in [7, 11) is 1.32. The van der Waals surface area contributed by atoms with Gasteiger partial charge < -0.3 is 47.8 Å². The number of unbranched alkanes of at least 4 members (excludes halogenated alkanes) is 1. The van der Waals surface area contributed by atoms with Crippen LogP contribution in [0.5, 0.6) is 11.5 Å². The topological polar surface area (TPSA) is 263 Å². The summed E-state index contributed by atoms with van der Waals surface area (Å²) in [5.41, 5.74) is 12.7. The Morgan fingerprint density at radius 3 is 2.06 bits per heavy atom. The third kappa shape index (κ3) is 11.2. The van der Waals surface area contributed by atoms with Crippen LogP contribution < -0.4 is 32.7 Å². The molecule has 0 saturated carbocycles. The Morgan fingerprint density at radius 1 is 0.859 bits per heavy atom. The number of nitrogens with zero attached hydrogens (tertiary/aromatic N) is 1. The third-order valence-electron chi connectivity index (χ3n) is 10.7. The number of aromatic hydroxyl groups is 2. The van der Waals surface area contributed by atoms with E-state index in [-0.39, 0.29) is 52.2 Å². The zero-order chi connectivity index (χ0) is 47.0. The van der Waals surface area contributed by atoms with Crippen molar-refractivity contribution in [2.24, 2.45) is 11.5 Å². The first-order chi connectivity index (χ1) is 30.2. The third-order valence-corrected chi connectivity index (χ3v) is 11.0. The van der Waals surface area contributed by atoms with Crippen molar-refractivity contribution in [3.63, 3.8) is 0 Å². The van der Waals surface area contributed by atoms with Crippen LogP contribution in [0.1, 0.15) is 60.6 Å². The molecule has 64 heavy (non-hydrogen) atoms. The number of primary amides is 1. The molecule has 4 aromatic rings. The number of alkyl halides is 2. The van der Waals surface area contributed by atoms with Gasteiger partial charge in [0.15, 0.2) is 0 Å². The zero-order valence-electron chi connectivity index (χ0n) is 35.0. The number of phenols is 2. The molecule has 0 saturated heterocycles. The summed E-state index contributed by atoms with van der Waals surface area (Å²) in [6.07, 6.45) is 0.687. The van der Waals surface area contributed by atoms with Crippen LogP contribution in [0.4, 0.5) is 8.78 Å². The maximum Gasteiger partial charge on any atom is 0.383 e. The van der Waals surface area contributed by atoms with Crippen LogP contribution >= 0.6 is 11.6 Å². The molecule has 1 aliphatic rings. The van der Waals surface area contributed by atoms with E-state index in [1.54, 1.807) is 36.4 Å². The molecule has 0 fully saturated rings. The Kier molecular flexibility index (Phi) is 15.4. The molecule has 5 atom stereocenters. The number of fused-ring (bicyclic) bond motifs is 5. The van der Waals surface area contributed by atoms with Crippen molar-refractivity contribution in [3.8, 4) is 33.8 Å². The number of carbonyl (C=O) groups excluding carboxylic acids is 7. The normalized spacial score (nSPS) is 17.4. The van der Waals surface area contributed by atoms with Gasteiger partial charge in [0.1, 0.15) is 35.7 Å². The van der Waals surface area contributed by atoms with E-state index in [1.807, 2.05) is 12.1 Å². The lowest BCUT2D eigenvalue weighted by Gasteiger charge is -2.32. The van der Waals surface area contributed by atoms with Gasteiger partial charge in [0.2, 0.25) is 29.4 Å². The van der Waals surface area contributed by atoms with Gasteiger partial charge in [0, 0.05) is 35.2 Å². The minimum Gasteiger partial charge on any atom is -0.507 e. The van der Waals surface area contributed by atoms with Gasteiger partial charge in [0.05, 0.1) is 6.04 Å². The summed E-state index contributed by atoms with van der Waals surface area (Å²) in [5.74, 6) is -13.8. The number of hydrogen-bond acceptors (Lipinski definition) is 10. The molecule has 10 N–H and O–H groups in total. The van der Waals surface area contributed by atoms with Crippen LogP contribution in [0.2, 0.25) is 5.02 Å². The number of phenolic OH excluding ortho intramolecular Hbond substituents is 2. The first-order valence-electron chi connectivity index (χ1n) is 20.1. The van der Waals surface area contributed by atoms with Crippen LogP contribution in [-0.2, 0) is 35.2 Å². The van der Waals surface area contributed by atoms with Crippen molar-refractivity contribution in [1.29, 1.82) is 0 Å². The summed E-state index contributed by atoms with van der Waals surface area (Å²) < 4.78 is 28.4. The molecule has 0 spiro atoms. The number of amides is 6. The van der Waals surface area contributed by atoms with E-state index in [9.17, 15) is 52.6 Å². The van der Waals surface area contributed by atoms with E-state index in [1.165, 1.54) is 50.4 Å². The molecular formula is C45H48ClF2N7O9. The fraction of sp³-hybridized carbons (Fsp3) is 0.311. The summed E-state index contributed by atoms with van der Waals surface area (Å²) in [6.45, 7) is 2.48. The maximum atomic E-state index is 14.5. The first-order valence-corrected chi connectivity index (χ1v) is 20.5. The van der Waals surface area contributed by atoms with Gasteiger partial charge in [-0.1, -0.05) is 48.0 Å². The Balaban J connectivity index is 1.49. The number of carbonyl (C=O) groups is 7. The molecule has 4 bridgehead atoms. The molecule has 16 nitrogen and oxygen atoms in total. The molecule has 338 valence electrons. The van der Waals surface area contributed by atoms with Crippen LogP contribution in [0.3, 0.4) is 0 Å². The van der Waals surface area contributed by atoms with Gasteiger partial charge in [-0.15, -0.1) is 0 Å². The average Bonchev–Trinajstić information content (AvgIpc) is 3.26. The molecule has 1 aliphatic heterocycles. The van der Waals surface area contributed by atoms with Crippen LogP contribution in [-0.4, -0.2) is 100 Å². The second-order valence-corrected chi connectivity index (χ2v) is 15.8.